The zero-order valence-corrected chi connectivity index (χ0v) is 12.2. The van der Waals surface area contributed by atoms with Gasteiger partial charge in [-0.2, -0.15) is 0 Å². The van der Waals surface area contributed by atoms with Crippen LogP contribution in [0.5, 0.6) is 0 Å². The number of carbonyl (C=O) groups is 1. The summed E-state index contributed by atoms with van der Waals surface area (Å²) in [5.41, 5.74) is 2.75. The molecule has 0 radical (unpaired) electrons. The van der Waals surface area contributed by atoms with E-state index in [1.807, 2.05) is 55.5 Å². The van der Waals surface area contributed by atoms with E-state index >= 15 is 0 Å². The number of hydrogen-bond acceptors (Lipinski definition) is 2. The molecule has 2 aromatic rings. The maximum atomic E-state index is 11.1. The highest BCUT2D eigenvalue weighted by Gasteiger charge is 2.09. The van der Waals surface area contributed by atoms with Crippen LogP contribution < -0.4 is 10.6 Å². The fraction of sp³-hybridized carbons (Fsp3) is 0.188. The first kappa shape index (κ1) is 14.4. The Balaban J connectivity index is 2.13. The lowest BCUT2D eigenvalue weighted by molar-refractivity contribution is -0.114. The summed E-state index contributed by atoms with van der Waals surface area (Å²) in [4.78, 5) is 11.1. The van der Waals surface area contributed by atoms with Crippen molar-refractivity contribution in [2.24, 2.45) is 0 Å². The Labute approximate surface area is 124 Å². The molecule has 0 fully saturated rings. The Morgan fingerprint density at radius 3 is 2.50 bits per heavy atom. The third-order valence-corrected chi connectivity index (χ3v) is 3.28. The first-order valence-corrected chi connectivity index (χ1v) is 6.82. The Hall–Kier alpha value is -2.00. The second-order valence-corrected chi connectivity index (χ2v) is 5.06. The smallest absolute Gasteiger partial charge is 0.221 e. The van der Waals surface area contributed by atoms with E-state index < -0.39 is 0 Å². The van der Waals surface area contributed by atoms with Crippen molar-refractivity contribution in [3.05, 3.63) is 59.1 Å². The minimum absolute atomic E-state index is 0.0799. The van der Waals surface area contributed by atoms with Gasteiger partial charge in [-0.05, 0) is 36.8 Å². The van der Waals surface area contributed by atoms with Crippen LogP contribution in [0.3, 0.4) is 0 Å². The molecule has 0 spiro atoms. The molecule has 2 aromatic carbocycles. The molecular formula is C16H17ClN2O. The van der Waals surface area contributed by atoms with Crippen LogP contribution in [0.15, 0.2) is 48.5 Å². The SMILES string of the molecule is CC(=O)Nc1cccc(NC(C)c2ccccc2Cl)c1. The highest BCUT2D eigenvalue weighted by molar-refractivity contribution is 6.31. The molecule has 2 rings (SSSR count). The minimum atomic E-state index is -0.0821. The molecule has 0 aliphatic carbocycles. The Morgan fingerprint density at radius 2 is 1.80 bits per heavy atom. The number of nitrogens with one attached hydrogen (secondary N) is 2. The molecule has 0 aromatic heterocycles. The number of rotatable bonds is 4. The summed E-state index contributed by atoms with van der Waals surface area (Å²) in [5, 5.41) is 6.88. The molecule has 4 heteroatoms. The third-order valence-electron chi connectivity index (χ3n) is 2.94. The molecule has 0 bridgehead atoms. The number of amides is 1. The van der Waals surface area contributed by atoms with Crippen molar-refractivity contribution >= 4 is 28.9 Å². The molecule has 0 heterocycles. The average Bonchev–Trinajstić information content (AvgIpc) is 2.38. The highest BCUT2D eigenvalue weighted by Crippen LogP contribution is 2.26. The van der Waals surface area contributed by atoms with Gasteiger partial charge in [0.15, 0.2) is 0 Å². The first-order chi connectivity index (χ1) is 9.56. The molecule has 20 heavy (non-hydrogen) atoms. The van der Waals surface area contributed by atoms with Crippen LogP contribution in [0.4, 0.5) is 11.4 Å². The largest absolute Gasteiger partial charge is 0.378 e. The van der Waals surface area contributed by atoms with Crippen LogP contribution in [0.2, 0.25) is 5.02 Å². The van der Waals surface area contributed by atoms with E-state index in [9.17, 15) is 4.79 Å². The molecule has 0 saturated carbocycles. The molecule has 1 amide bonds. The summed E-state index contributed by atoms with van der Waals surface area (Å²) in [6.07, 6.45) is 0. The number of anilines is 2. The molecular weight excluding hydrogens is 272 g/mol. The van der Waals surface area contributed by atoms with E-state index in [0.717, 1.165) is 22.0 Å². The van der Waals surface area contributed by atoms with Crippen LogP contribution in [0.25, 0.3) is 0 Å². The van der Waals surface area contributed by atoms with Crippen molar-refractivity contribution in [2.75, 3.05) is 10.6 Å². The number of carbonyl (C=O) groups excluding carboxylic acids is 1. The Kier molecular flexibility index (Phi) is 4.64. The minimum Gasteiger partial charge on any atom is -0.378 e. The summed E-state index contributed by atoms with van der Waals surface area (Å²) < 4.78 is 0. The van der Waals surface area contributed by atoms with Crippen molar-refractivity contribution in [3.63, 3.8) is 0 Å². The monoisotopic (exact) mass is 288 g/mol. The molecule has 0 aliphatic heterocycles. The van der Waals surface area contributed by atoms with Crippen LogP contribution in [-0.4, -0.2) is 5.91 Å². The van der Waals surface area contributed by atoms with Gasteiger partial charge in [0.1, 0.15) is 0 Å². The van der Waals surface area contributed by atoms with E-state index in [0.29, 0.717) is 0 Å². The van der Waals surface area contributed by atoms with Crippen LogP contribution in [-0.2, 0) is 4.79 Å². The van der Waals surface area contributed by atoms with Crippen molar-refractivity contribution < 1.29 is 4.79 Å². The molecule has 104 valence electrons. The zero-order chi connectivity index (χ0) is 14.5. The van der Waals surface area contributed by atoms with E-state index in [1.54, 1.807) is 0 Å². The lowest BCUT2D eigenvalue weighted by Gasteiger charge is -2.17. The van der Waals surface area contributed by atoms with Gasteiger partial charge in [-0.3, -0.25) is 4.79 Å². The topological polar surface area (TPSA) is 41.1 Å². The van der Waals surface area contributed by atoms with Gasteiger partial charge in [-0.25, -0.2) is 0 Å². The lowest BCUT2D eigenvalue weighted by atomic mass is 10.1. The van der Waals surface area contributed by atoms with E-state index in [4.69, 9.17) is 11.6 Å². The van der Waals surface area contributed by atoms with Gasteiger partial charge < -0.3 is 10.6 Å². The lowest BCUT2D eigenvalue weighted by Crippen LogP contribution is -2.09. The Morgan fingerprint density at radius 1 is 1.10 bits per heavy atom. The third kappa shape index (κ3) is 3.75. The molecule has 3 nitrogen and oxygen atoms in total. The van der Waals surface area contributed by atoms with E-state index in [2.05, 4.69) is 10.6 Å². The maximum absolute atomic E-state index is 11.1. The zero-order valence-electron chi connectivity index (χ0n) is 11.5. The van der Waals surface area contributed by atoms with E-state index in [1.165, 1.54) is 6.92 Å². The van der Waals surface area contributed by atoms with Gasteiger partial charge in [0.25, 0.3) is 0 Å². The number of benzene rings is 2. The predicted molar refractivity (Wildman–Crippen MR) is 84.2 cm³/mol. The van der Waals surface area contributed by atoms with Crippen molar-refractivity contribution in [2.45, 2.75) is 19.9 Å². The van der Waals surface area contributed by atoms with Gasteiger partial charge >= 0.3 is 0 Å². The molecule has 1 atom stereocenters. The van der Waals surface area contributed by atoms with Crippen molar-refractivity contribution in [1.29, 1.82) is 0 Å². The second kappa shape index (κ2) is 6.44. The second-order valence-electron chi connectivity index (χ2n) is 4.65. The summed E-state index contributed by atoms with van der Waals surface area (Å²) in [6, 6.07) is 15.4. The van der Waals surface area contributed by atoms with Crippen molar-refractivity contribution in [1.82, 2.24) is 0 Å². The predicted octanol–water partition coefficient (Wildman–Crippen LogP) is 4.47. The van der Waals surface area contributed by atoms with Crippen LogP contribution in [0, 0.1) is 0 Å². The van der Waals surface area contributed by atoms with Crippen LogP contribution >= 0.6 is 11.6 Å². The average molecular weight is 289 g/mol. The van der Waals surface area contributed by atoms with Gasteiger partial charge in [0.2, 0.25) is 5.91 Å². The van der Waals surface area contributed by atoms with Gasteiger partial charge in [-0.15, -0.1) is 0 Å². The van der Waals surface area contributed by atoms with Gasteiger partial charge in [0, 0.05) is 29.4 Å². The molecule has 0 aliphatic rings. The Bertz CT molecular complexity index is 613. The fourth-order valence-corrected chi connectivity index (χ4v) is 2.34. The number of hydrogen-bond donors (Lipinski definition) is 2. The highest BCUT2D eigenvalue weighted by atomic mass is 35.5. The standard InChI is InChI=1S/C16H17ClN2O/c1-11(15-8-3-4-9-16(15)17)18-13-6-5-7-14(10-13)19-12(2)20/h3-11,18H,1-2H3,(H,19,20). The van der Waals surface area contributed by atoms with E-state index in [-0.39, 0.29) is 11.9 Å². The fourth-order valence-electron chi connectivity index (χ4n) is 2.04. The quantitative estimate of drug-likeness (QED) is 0.871. The molecule has 0 saturated heterocycles. The van der Waals surface area contributed by atoms with Gasteiger partial charge in [-0.1, -0.05) is 35.9 Å². The van der Waals surface area contributed by atoms with Crippen LogP contribution in [0.1, 0.15) is 25.5 Å². The normalized spacial score (nSPS) is 11.8. The summed E-state index contributed by atoms with van der Waals surface area (Å²) in [7, 11) is 0. The van der Waals surface area contributed by atoms with Gasteiger partial charge in [0.05, 0.1) is 0 Å². The molecule has 1 unspecified atom stereocenters. The summed E-state index contributed by atoms with van der Waals surface area (Å²) >= 11 is 6.19. The van der Waals surface area contributed by atoms with Crippen molar-refractivity contribution in [3.8, 4) is 0 Å². The first-order valence-electron chi connectivity index (χ1n) is 6.45. The number of halogens is 1. The molecule has 2 N–H and O–H groups in total. The summed E-state index contributed by atoms with van der Waals surface area (Å²) in [5.74, 6) is -0.0821. The summed E-state index contributed by atoms with van der Waals surface area (Å²) in [6.45, 7) is 3.54. The maximum Gasteiger partial charge on any atom is 0.221 e.